The Balaban J connectivity index is 1.92. The number of carbonyl (C=O) groups excluding carboxylic acids is 1. The van der Waals surface area contributed by atoms with Crippen molar-refractivity contribution in [3.05, 3.63) is 56.6 Å². The third-order valence-corrected chi connectivity index (χ3v) is 5.69. The highest BCUT2D eigenvalue weighted by Gasteiger charge is 2.39. The first-order valence-electron chi connectivity index (χ1n) is 8.13. The lowest BCUT2D eigenvalue weighted by Crippen LogP contribution is -2.30. The van der Waals surface area contributed by atoms with E-state index in [1.165, 1.54) is 4.88 Å². The van der Waals surface area contributed by atoms with Gasteiger partial charge in [0, 0.05) is 23.1 Å². The van der Waals surface area contributed by atoms with E-state index in [0.29, 0.717) is 23.8 Å². The summed E-state index contributed by atoms with van der Waals surface area (Å²) in [5.41, 5.74) is 2.32. The van der Waals surface area contributed by atoms with Crippen LogP contribution in [-0.4, -0.2) is 25.8 Å². The second kappa shape index (κ2) is 6.04. The van der Waals surface area contributed by atoms with Gasteiger partial charge in [0.15, 0.2) is 16.8 Å². The van der Waals surface area contributed by atoms with E-state index in [-0.39, 0.29) is 11.2 Å². The molecule has 3 aromatic rings. The van der Waals surface area contributed by atoms with Crippen molar-refractivity contribution in [3.8, 4) is 5.82 Å². The summed E-state index contributed by atoms with van der Waals surface area (Å²) >= 11 is 7.54. The van der Waals surface area contributed by atoms with Gasteiger partial charge in [-0.15, -0.1) is 21.5 Å². The van der Waals surface area contributed by atoms with Gasteiger partial charge in [-0.1, -0.05) is 31.5 Å². The molecule has 0 unspecified atom stereocenters. The zero-order valence-corrected chi connectivity index (χ0v) is 15.6. The van der Waals surface area contributed by atoms with E-state index in [1.54, 1.807) is 28.2 Å². The van der Waals surface area contributed by atoms with Crippen molar-refractivity contribution in [1.82, 2.24) is 20.0 Å². The van der Waals surface area contributed by atoms with E-state index in [1.807, 2.05) is 11.4 Å². The van der Waals surface area contributed by atoms with Crippen molar-refractivity contribution >= 4 is 28.7 Å². The summed E-state index contributed by atoms with van der Waals surface area (Å²) in [4.78, 5) is 13.9. The predicted octanol–water partition coefficient (Wildman–Crippen LogP) is 4.22. The van der Waals surface area contributed by atoms with Crippen LogP contribution in [0.15, 0.2) is 29.6 Å². The fourth-order valence-electron chi connectivity index (χ4n) is 3.34. The highest BCUT2D eigenvalue weighted by molar-refractivity contribution is 7.09. The predicted molar refractivity (Wildman–Crippen MR) is 97.9 cm³/mol. The first kappa shape index (κ1) is 16.4. The molecule has 4 rings (SSSR count). The third-order valence-electron chi connectivity index (χ3n) is 4.61. The van der Waals surface area contributed by atoms with Crippen LogP contribution in [0.4, 0.5) is 0 Å². The maximum absolute atomic E-state index is 12.7. The fraction of sp³-hybridized carbons (Fsp3) is 0.333. The largest absolute Gasteiger partial charge is 0.294 e. The SMILES string of the molecule is CC1(C)CCC(=O)c2c(Cc3cccs3)nn(-c3ccc(Cl)nn3)c21. The van der Waals surface area contributed by atoms with Crippen LogP contribution in [0.3, 0.4) is 0 Å². The zero-order chi connectivity index (χ0) is 17.6. The molecule has 3 aromatic heterocycles. The third kappa shape index (κ3) is 2.89. The van der Waals surface area contributed by atoms with Crippen molar-refractivity contribution in [1.29, 1.82) is 0 Å². The van der Waals surface area contributed by atoms with Gasteiger partial charge in [-0.2, -0.15) is 5.10 Å². The quantitative estimate of drug-likeness (QED) is 0.690. The van der Waals surface area contributed by atoms with E-state index in [2.05, 4.69) is 30.1 Å². The van der Waals surface area contributed by atoms with Crippen molar-refractivity contribution in [2.24, 2.45) is 0 Å². The highest BCUT2D eigenvalue weighted by atomic mass is 35.5. The summed E-state index contributed by atoms with van der Waals surface area (Å²) in [5.74, 6) is 0.745. The topological polar surface area (TPSA) is 60.7 Å². The summed E-state index contributed by atoms with van der Waals surface area (Å²) in [6.07, 6.45) is 2.00. The Labute approximate surface area is 154 Å². The minimum absolute atomic E-state index is 0.161. The van der Waals surface area contributed by atoms with Crippen LogP contribution in [0.1, 0.15) is 53.3 Å². The molecule has 0 amide bonds. The van der Waals surface area contributed by atoms with Gasteiger partial charge in [0.1, 0.15) is 0 Å². The van der Waals surface area contributed by atoms with E-state index >= 15 is 0 Å². The molecule has 0 spiro atoms. The Hall–Kier alpha value is -2.05. The van der Waals surface area contributed by atoms with Crippen LogP contribution in [-0.2, 0) is 11.8 Å². The average molecular weight is 373 g/mol. The number of rotatable bonds is 3. The molecule has 0 bridgehead atoms. The molecule has 0 saturated carbocycles. The molecule has 1 aliphatic rings. The summed E-state index contributed by atoms with van der Waals surface area (Å²) in [6, 6.07) is 7.55. The van der Waals surface area contributed by atoms with Gasteiger partial charge in [-0.25, -0.2) is 4.68 Å². The number of fused-ring (bicyclic) bond motifs is 1. The number of hydrogen-bond acceptors (Lipinski definition) is 5. The lowest BCUT2D eigenvalue weighted by atomic mass is 9.75. The molecule has 128 valence electrons. The molecule has 0 aromatic carbocycles. The molecule has 0 saturated heterocycles. The molecule has 0 N–H and O–H groups in total. The summed E-state index contributed by atoms with van der Waals surface area (Å²) in [6.45, 7) is 4.30. The molecule has 1 aliphatic carbocycles. The van der Waals surface area contributed by atoms with Crippen LogP contribution in [0.25, 0.3) is 5.82 Å². The average Bonchev–Trinajstić information content (AvgIpc) is 3.21. The smallest absolute Gasteiger partial charge is 0.176 e. The Bertz CT molecular complexity index is 929. The molecule has 25 heavy (non-hydrogen) atoms. The van der Waals surface area contributed by atoms with Gasteiger partial charge in [-0.3, -0.25) is 4.79 Å². The number of hydrogen-bond donors (Lipinski definition) is 0. The number of thiophene rings is 1. The molecule has 0 fully saturated rings. The molecule has 0 aliphatic heterocycles. The lowest BCUT2D eigenvalue weighted by molar-refractivity contribution is 0.0954. The zero-order valence-electron chi connectivity index (χ0n) is 14.0. The number of aromatic nitrogens is 4. The number of Topliss-reactive ketones (excluding diaryl/α,β-unsaturated/α-hetero) is 1. The van der Waals surface area contributed by atoms with Crippen molar-refractivity contribution in [2.45, 2.75) is 38.5 Å². The number of halogens is 1. The Morgan fingerprint density at radius 1 is 1.28 bits per heavy atom. The van der Waals surface area contributed by atoms with E-state index in [0.717, 1.165) is 23.4 Å². The highest BCUT2D eigenvalue weighted by Crippen LogP contribution is 2.39. The Morgan fingerprint density at radius 2 is 2.12 bits per heavy atom. The first-order valence-corrected chi connectivity index (χ1v) is 9.39. The monoisotopic (exact) mass is 372 g/mol. The second-order valence-electron chi connectivity index (χ2n) is 6.86. The van der Waals surface area contributed by atoms with Gasteiger partial charge in [-0.05, 0) is 30.0 Å². The number of ketones is 1. The van der Waals surface area contributed by atoms with E-state index < -0.39 is 0 Å². The number of nitrogens with zero attached hydrogens (tertiary/aromatic N) is 4. The lowest BCUT2D eigenvalue weighted by Gasteiger charge is -2.30. The minimum Gasteiger partial charge on any atom is -0.294 e. The Morgan fingerprint density at radius 3 is 2.80 bits per heavy atom. The molecule has 0 radical (unpaired) electrons. The molecule has 5 nitrogen and oxygen atoms in total. The van der Waals surface area contributed by atoms with Crippen LogP contribution >= 0.6 is 22.9 Å². The minimum atomic E-state index is -0.161. The number of carbonyl (C=O) groups is 1. The molecule has 3 heterocycles. The molecular formula is C18H17ClN4OS. The van der Waals surface area contributed by atoms with Gasteiger partial charge in [0.05, 0.1) is 17.0 Å². The van der Waals surface area contributed by atoms with Crippen LogP contribution in [0, 0.1) is 0 Å². The molecule has 7 heteroatoms. The van der Waals surface area contributed by atoms with Gasteiger partial charge in [0.2, 0.25) is 0 Å². The van der Waals surface area contributed by atoms with E-state index in [9.17, 15) is 4.79 Å². The fourth-order valence-corrected chi connectivity index (χ4v) is 4.15. The first-order chi connectivity index (χ1) is 12.0. The van der Waals surface area contributed by atoms with Crippen molar-refractivity contribution in [3.63, 3.8) is 0 Å². The maximum atomic E-state index is 12.7. The van der Waals surface area contributed by atoms with Crippen LogP contribution in [0.5, 0.6) is 0 Å². The summed E-state index contributed by atoms with van der Waals surface area (Å²) in [5, 5.41) is 15.2. The van der Waals surface area contributed by atoms with Crippen molar-refractivity contribution in [2.75, 3.05) is 0 Å². The second-order valence-corrected chi connectivity index (χ2v) is 8.28. The maximum Gasteiger partial charge on any atom is 0.176 e. The molecular weight excluding hydrogens is 356 g/mol. The standard InChI is InChI=1S/C18H17ClN4OS/c1-18(2)8-7-13(24)16-12(10-11-4-3-9-25-11)22-23(17(16)18)15-6-5-14(19)20-21-15/h3-6,9H,7-8,10H2,1-2H3. The normalized spacial score (nSPS) is 16.0. The summed E-state index contributed by atoms with van der Waals surface area (Å²) < 4.78 is 1.78. The van der Waals surface area contributed by atoms with Gasteiger partial charge < -0.3 is 0 Å². The van der Waals surface area contributed by atoms with Crippen LogP contribution < -0.4 is 0 Å². The van der Waals surface area contributed by atoms with Gasteiger partial charge in [0.25, 0.3) is 0 Å². The van der Waals surface area contributed by atoms with Crippen molar-refractivity contribution < 1.29 is 4.79 Å². The molecule has 0 atom stereocenters. The Kier molecular flexibility index (Phi) is 3.96. The van der Waals surface area contributed by atoms with Crippen LogP contribution in [0.2, 0.25) is 5.15 Å². The van der Waals surface area contributed by atoms with E-state index in [4.69, 9.17) is 16.7 Å². The van der Waals surface area contributed by atoms with Gasteiger partial charge >= 0.3 is 0 Å². The summed E-state index contributed by atoms with van der Waals surface area (Å²) in [7, 11) is 0.